The van der Waals surface area contributed by atoms with Gasteiger partial charge in [-0.15, -0.1) is 12.4 Å². The summed E-state index contributed by atoms with van der Waals surface area (Å²) in [6.45, 7) is 4.37. The van der Waals surface area contributed by atoms with Crippen molar-refractivity contribution < 1.29 is 4.79 Å². The summed E-state index contributed by atoms with van der Waals surface area (Å²) >= 11 is 5.89. The molecule has 1 unspecified atom stereocenters. The molecule has 0 aromatic heterocycles. The van der Waals surface area contributed by atoms with E-state index in [1.54, 1.807) is 6.92 Å². The Morgan fingerprint density at radius 3 is 2.74 bits per heavy atom. The Bertz CT molecular complexity index is 408. The van der Waals surface area contributed by atoms with E-state index in [1.807, 2.05) is 31.2 Å². The van der Waals surface area contributed by atoms with Crippen LogP contribution >= 0.6 is 24.0 Å². The number of nitrogens with two attached hydrogens (primary N) is 1. The monoisotopic (exact) mass is 304 g/mol. The number of carbonyl (C=O) groups is 1. The van der Waals surface area contributed by atoms with Crippen molar-refractivity contribution in [2.24, 2.45) is 5.73 Å². The van der Waals surface area contributed by atoms with Crippen molar-refractivity contribution in [3.8, 4) is 0 Å². The van der Waals surface area contributed by atoms with Crippen LogP contribution in [0, 0.1) is 0 Å². The van der Waals surface area contributed by atoms with E-state index in [2.05, 4.69) is 5.32 Å². The molecule has 108 valence electrons. The van der Waals surface area contributed by atoms with Crippen LogP contribution in [0.5, 0.6) is 0 Å². The summed E-state index contributed by atoms with van der Waals surface area (Å²) in [6.07, 6.45) is 2.35. The van der Waals surface area contributed by atoms with E-state index in [0.717, 1.165) is 18.4 Å². The first kappa shape index (κ1) is 18.2. The SMILES string of the molecule is CCCC(C)(N)C(=O)NCCc1cccc(Cl)c1.Cl. The highest BCUT2D eigenvalue weighted by atomic mass is 35.5. The maximum absolute atomic E-state index is 11.8. The van der Waals surface area contributed by atoms with Crippen molar-refractivity contribution in [2.75, 3.05) is 6.54 Å². The molecule has 3 nitrogen and oxygen atoms in total. The molecule has 1 aromatic rings. The highest BCUT2D eigenvalue weighted by molar-refractivity contribution is 6.30. The quantitative estimate of drug-likeness (QED) is 0.849. The number of benzene rings is 1. The zero-order valence-electron chi connectivity index (χ0n) is 11.4. The van der Waals surface area contributed by atoms with Crippen LogP contribution in [0.3, 0.4) is 0 Å². The molecule has 0 radical (unpaired) electrons. The molecule has 1 amide bonds. The topological polar surface area (TPSA) is 55.1 Å². The van der Waals surface area contributed by atoms with Gasteiger partial charge in [-0.2, -0.15) is 0 Å². The molecule has 0 aliphatic carbocycles. The maximum atomic E-state index is 11.8. The third-order valence-corrected chi connectivity index (χ3v) is 3.11. The Kier molecular flexibility index (Phi) is 8.07. The fourth-order valence-electron chi connectivity index (χ4n) is 1.85. The summed E-state index contributed by atoms with van der Waals surface area (Å²) in [5.74, 6) is -0.0913. The van der Waals surface area contributed by atoms with E-state index in [4.69, 9.17) is 17.3 Å². The van der Waals surface area contributed by atoms with E-state index < -0.39 is 5.54 Å². The summed E-state index contributed by atoms with van der Waals surface area (Å²) in [6, 6.07) is 7.64. The van der Waals surface area contributed by atoms with E-state index in [1.165, 1.54) is 0 Å². The number of hydrogen-bond donors (Lipinski definition) is 2. The van der Waals surface area contributed by atoms with E-state index in [-0.39, 0.29) is 18.3 Å². The van der Waals surface area contributed by atoms with Crippen molar-refractivity contribution in [1.29, 1.82) is 0 Å². The van der Waals surface area contributed by atoms with E-state index in [0.29, 0.717) is 18.0 Å². The fraction of sp³-hybridized carbons (Fsp3) is 0.500. The first-order valence-electron chi connectivity index (χ1n) is 6.27. The summed E-state index contributed by atoms with van der Waals surface area (Å²) in [5.41, 5.74) is 6.27. The van der Waals surface area contributed by atoms with Crippen LogP contribution in [0.15, 0.2) is 24.3 Å². The van der Waals surface area contributed by atoms with Crippen LogP contribution in [-0.2, 0) is 11.2 Å². The summed E-state index contributed by atoms with van der Waals surface area (Å²) in [4.78, 5) is 11.8. The summed E-state index contributed by atoms with van der Waals surface area (Å²) < 4.78 is 0. The lowest BCUT2D eigenvalue weighted by Crippen LogP contribution is -2.51. The minimum Gasteiger partial charge on any atom is -0.354 e. The van der Waals surface area contributed by atoms with Crippen LogP contribution < -0.4 is 11.1 Å². The second-order valence-corrected chi connectivity index (χ2v) is 5.24. The lowest BCUT2D eigenvalue weighted by molar-refractivity contribution is -0.126. The zero-order chi connectivity index (χ0) is 13.6. The van der Waals surface area contributed by atoms with Gasteiger partial charge < -0.3 is 11.1 Å². The first-order valence-corrected chi connectivity index (χ1v) is 6.65. The molecule has 1 atom stereocenters. The molecule has 0 bridgehead atoms. The molecule has 0 heterocycles. The largest absolute Gasteiger partial charge is 0.354 e. The molecule has 3 N–H and O–H groups in total. The van der Waals surface area contributed by atoms with Gasteiger partial charge in [-0.3, -0.25) is 4.79 Å². The Morgan fingerprint density at radius 1 is 1.47 bits per heavy atom. The first-order chi connectivity index (χ1) is 8.45. The van der Waals surface area contributed by atoms with Gasteiger partial charge in [0.2, 0.25) is 5.91 Å². The lowest BCUT2D eigenvalue weighted by atomic mass is 9.96. The molecule has 0 spiro atoms. The molecular weight excluding hydrogens is 283 g/mol. The predicted octanol–water partition coefficient (Wildman–Crippen LogP) is 2.94. The lowest BCUT2D eigenvalue weighted by Gasteiger charge is -2.22. The van der Waals surface area contributed by atoms with Gasteiger partial charge in [0.15, 0.2) is 0 Å². The Balaban J connectivity index is 0.00000324. The van der Waals surface area contributed by atoms with Gasteiger partial charge in [-0.05, 0) is 37.5 Å². The van der Waals surface area contributed by atoms with Crippen LogP contribution in [-0.4, -0.2) is 18.0 Å². The maximum Gasteiger partial charge on any atom is 0.239 e. The molecule has 1 aromatic carbocycles. The second kappa shape index (κ2) is 8.41. The standard InChI is InChI=1S/C14H21ClN2O.ClH/c1-3-8-14(2,16)13(18)17-9-7-11-5-4-6-12(15)10-11;/h4-6,10H,3,7-9,16H2,1-2H3,(H,17,18);1H. The number of amides is 1. The van der Waals surface area contributed by atoms with Crippen molar-refractivity contribution in [2.45, 2.75) is 38.6 Å². The van der Waals surface area contributed by atoms with Crippen LogP contribution in [0.1, 0.15) is 32.3 Å². The number of nitrogens with one attached hydrogen (secondary N) is 1. The molecule has 19 heavy (non-hydrogen) atoms. The van der Waals surface area contributed by atoms with Gasteiger partial charge in [0.1, 0.15) is 0 Å². The summed E-state index contributed by atoms with van der Waals surface area (Å²) in [5, 5.41) is 3.58. The molecule has 0 aliphatic heterocycles. The van der Waals surface area contributed by atoms with Gasteiger partial charge in [0.05, 0.1) is 5.54 Å². The van der Waals surface area contributed by atoms with Crippen molar-refractivity contribution in [3.05, 3.63) is 34.9 Å². The van der Waals surface area contributed by atoms with Gasteiger partial charge in [0.25, 0.3) is 0 Å². The smallest absolute Gasteiger partial charge is 0.239 e. The molecule has 0 saturated carbocycles. The minimum atomic E-state index is -0.775. The number of rotatable bonds is 6. The van der Waals surface area contributed by atoms with Crippen LogP contribution in [0.4, 0.5) is 0 Å². The van der Waals surface area contributed by atoms with E-state index in [9.17, 15) is 4.79 Å². The van der Waals surface area contributed by atoms with Crippen molar-refractivity contribution in [3.63, 3.8) is 0 Å². The zero-order valence-corrected chi connectivity index (χ0v) is 13.0. The molecule has 1 rings (SSSR count). The van der Waals surface area contributed by atoms with Crippen LogP contribution in [0.25, 0.3) is 0 Å². The van der Waals surface area contributed by atoms with Gasteiger partial charge in [-0.25, -0.2) is 0 Å². The van der Waals surface area contributed by atoms with Crippen molar-refractivity contribution in [1.82, 2.24) is 5.32 Å². The number of halogens is 2. The Hall–Kier alpha value is -0.770. The van der Waals surface area contributed by atoms with Crippen molar-refractivity contribution >= 4 is 29.9 Å². The van der Waals surface area contributed by atoms with Gasteiger partial charge >= 0.3 is 0 Å². The summed E-state index contributed by atoms with van der Waals surface area (Å²) in [7, 11) is 0. The number of hydrogen-bond acceptors (Lipinski definition) is 2. The average Bonchev–Trinajstić information content (AvgIpc) is 2.28. The fourth-order valence-corrected chi connectivity index (χ4v) is 2.06. The van der Waals surface area contributed by atoms with Gasteiger partial charge in [-0.1, -0.05) is 37.1 Å². The van der Waals surface area contributed by atoms with Gasteiger partial charge in [0, 0.05) is 11.6 Å². The number of carbonyl (C=O) groups excluding carboxylic acids is 1. The minimum absolute atomic E-state index is 0. The third kappa shape index (κ3) is 6.28. The highest BCUT2D eigenvalue weighted by Gasteiger charge is 2.26. The molecular formula is C14H22Cl2N2O. The second-order valence-electron chi connectivity index (χ2n) is 4.80. The highest BCUT2D eigenvalue weighted by Crippen LogP contribution is 2.11. The molecule has 5 heteroatoms. The van der Waals surface area contributed by atoms with Crippen LogP contribution in [0.2, 0.25) is 5.02 Å². The Morgan fingerprint density at radius 2 is 2.16 bits per heavy atom. The van der Waals surface area contributed by atoms with E-state index >= 15 is 0 Å². The Labute approximate surface area is 126 Å². The molecule has 0 saturated heterocycles. The molecule has 0 aliphatic rings. The third-order valence-electron chi connectivity index (χ3n) is 2.88. The normalized spacial score (nSPS) is 13.3. The average molecular weight is 305 g/mol. The molecule has 0 fully saturated rings. The predicted molar refractivity (Wildman–Crippen MR) is 82.9 cm³/mol.